The zero-order valence-corrected chi connectivity index (χ0v) is 13.7. The van der Waals surface area contributed by atoms with E-state index in [0.29, 0.717) is 29.9 Å². The molecule has 0 saturated heterocycles. The van der Waals surface area contributed by atoms with E-state index >= 15 is 0 Å². The van der Waals surface area contributed by atoms with E-state index in [0.717, 1.165) is 5.56 Å². The van der Waals surface area contributed by atoms with Crippen molar-refractivity contribution >= 4 is 11.9 Å². The Kier molecular flexibility index (Phi) is 6.14. The Balaban J connectivity index is 2.05. The zero-order chi connectivity index (χ0) is 17.5. The molecule has 0 radical (unpaired) electrons. The van der Waals surface area contributed by atoms with Gasteiger partial charge in [0.15, 0.2) is 0 Å². The third-order valence-electron chi connectivity index (χ3n) is 3.69. The summed E-state index contributed by atoms with van der Waals surface area (Å²) in [5.41, 5.74) is 1.31. The topological polar surface area (TPSA) is 88.8 Å². The lowest BCUT2D eigenvalue weighted by Crippen LogP contribution is -2.38. The van der Waals surface area contributed by atoms with Crippen LogP contribution in [0, 0.1) is 0 Å². The van der Waals surface area contributed by atoms with Crippen molar-refractivity contribution in [2.75, 3.05) is 7.11 Å². The van der Waals surface area contributed by atoms with Crippen molar-refractivity contribution in [1.29, 1.82) is 0 Å². The predicted octanol–water partition coefficient (Wildman–Crippen LogP) is 2.41. The van der Waals surface area contributed by atoms with E-state index in [2.05, 4.69) is 5.32 Å². The summed E-state index contributed by atoms with van der Waals surface area (Å²) in [5, 5.41) is 12.3. The molecule has 0 aliphatic carbocycles. The molecule has 0 spiro atoms. The number of hydrogen-bond donors (Lipinski definition) is 2. The van der Waals surface area contributed by atoms with Crippen LogP contribution in [0.25, 0.3) is 0 Å². The normalized spacial score (nSPS) is 11.9. The van der Waals surface area contributed by atoms with Crippen LogP contribution >= 0.6 is 0 Å². The molecular formula is C18H21NO5. The highest BCUT2D eigenvalue weighted by Crippen LogP contribution is 2.17. The molecule has 2 rings (SSSR count). The molecule has 1 heterocycles. The maximum Gasteiger partial charge on any atom is 0.341 e. The van der Waals surface area contributed by atoms with Crippen molar-refractivity contribution in [2.45, 2.75) is 32.4 Å². The van der Waals surface area contributed by atoms with Crippen LogP contribution in [0.3, 0.4) is 0 Å². The molecule has 0 amide bonds. The monoisotopic (exact) mass is 331 g/mol. The quantitative estimate of drug-likeness (QED) is 0.722. The van der Waals surface area contributed by atoms with Crippen LogP contribution in [-0.2, 0) is 28.9 Å². The fourth-order valence-corrected chi connectivity index (χ4v) is 2.44. The summed E-state index contributed by atoms with van der Waals surface area (Å²) in [6, 6.07) is 10.2. The lowest BCUT2D eigenvalue weighted by molar-refractivity contribution is -0.139. The minimum Gasteiger partial charge on any atom is -0.480 e. The van der Waals surface area contributed by atoms with Gasteiger partial charge in [-0.15, -0.1) is 0 Å². The predicted molar refractivity (Wildman–Crippen MR) is 87.8 cm³/mol. The van der Waals surface area contributed by atoms with Crippen molar-refractivity contribution in [1.82, 2.24) is 5.32 Å². The van der Waals surface area contributed by atoms with Gasteiger partial charge in [-0.25, -0.2) is 4.79 Å². The largest absolute Gasteiger partial charge is 0.480 e. The SMILES string of the molecule is CCc1oc(CN[C@H](Cc2ccccc2)C(=O)O)cc1C(=O)OC. The first-order valence-electron chi connectivity index (χ1n) is 7.75. The number of aliphatic carboxylic acids is 1. The first-order chi connectivity index (χ1) is 11.5. The molecule has 0 fully saturated rings. The van der Waals surface area contributed by atoms with E-state index < -0.39 is 18.0 Å². The van der Waals surface area contributed by atoms with Gasteiger partial charge < -0.3 is 14.3 Å². The molecule has 2 N–H and O–H groups in total. The second kappa shape index (κ2) is 8.31. The summed E-state index contributed by atoms with van der Waals surface area (Å²) in [6.45, 7) is 2.09. The molecule has 1 aromatic carbocycles. The third-order valence-corrected chi connectivity index (χ3v) is 3.69. The summed E-state index contributed by atoms with van der Waals surface area (Å²) < 4.78 is 10.3. The van der Waals surface area contributed by atoms with Crippen molar-refractivity contribution in [3.63, 3.8) is 0 Å². The van der Waals surface area contributed by atoms with Crippen molar-refractivity contribution in [3.05, 3.63) is 59.0 Å². The summed E-state index contributed by atoms with van der Waals surface area (Å²) in [4.78, 5) is 23.1. The van der Waals surface area contributed by atoms with Crippen molar-refractivity contribution in [2.24, 2.45) is 0 Å². The third kappa shape index (κ3) is 4.45. The molecule has 0 saturated carbocycles. The molecule has 128 valence electrons. The number of carboxylic acid groups (broad SMARTS) is 1. The van der Waals surface area contributed by atoms with Gasteiger partial charge in [-0.05, 0) is 18.1 Å². The van der Waals surface area contributed by atoms with Gasteiger partial charge in [0.2, 0.25) is 0 Å². The first-order valence-corrected chi connectivity index (χ1v) is 7.75. The Morgan fingerprint density at radius 3 is 2.58 bits per heavy atom. The number of benzene rings is 1. The standard InChI is InChI=1S/C18H21NO5/c1-3-16-14(18(22)23-2)10-13(24-16)11-19-15(17(20)21)9-12-7-5-4-6-8-12/h4-8,10,15,19H,3,9,11H2,1-2H3,(H,20,21)/t15-/m1/s1. The number of furan rings is 1. The maximum absolute atomic E-state index is 11.7. The molecule has 0 aliphatic rings. The number of esters is 1. The second-order valence-electron chi connectivity index (χ2n) is 5.36. The van der Waals surface area contributed by atoms with Gasteiger partial charge in [0, 0.05) is 6.42 Å². The van der Waals surface area contributed by atoms with Crippen LogP contribution < -0.4 is 5.32 Å². The molecular weight excluding hydrogens is 310 g/mol. The second-order valence-corrected chi connectivity index (χ2v) is 5.36. The van der Waals surface area contributed by atoms with Crippen LogP contribution in [0.15, 0.2) is 40.8 Å². The average molecular weight is 331 g/mol. The maximum atomic E-state index is 11.7. The average Bonchev–Trinajstić information content (AvgIpc) is 3.01. The van der Waals surface area contributed by atoms with E-state index in [-0.39, 0.29) is 6.54 Å². The summed E-state index contributed by atoms with van der Waals surface area (Å²) in [6.07, 6.45) is 0.915. The number of carbonyl (C=O) groups is 2. The number of carboxylic acids is 1. The Morgan fingerprint density at radius 1 is 1.29 bits per heavy atom. The number of aryl methyl sites for hydroxylation is 1. The Bertz CT molecular complexity index is 693. The van der Waals surface area contributed by atoms with Crippen LogP contribution in [0.2, 0.25) is 0 Å². The van der Waals surface area contributed by atoms with Crippen molar-refractivity contribution in [3.8, 4) is 0 Å². The summed E-state index contributed by atoms with van der Waals surface area (Å²) >= 11 is 0. The number of ether oxygens (including phenoxy) is 1. The molecule has 24 heavy (non-hydrogen) atoms. The van der Waals surface area contributed by atoms with Gasteiger partial charge in [0.05, 0.1) is 13.7 Å². The minimum atomic E-state index is -0.936. The van der Waals surface area contributed by atoms with Crippen LogP contribution in [0.5, 0.6) is 0 Å². The molecule has 0 unspecified atom stereocenters. The number of nitrogens with one attached hydrogen (secondary N) is 1. The molecule has 2 aromatic rings. The van der Waals surface area contributed by atoms with Crippen LogP contribution in [-0.4, -0.2) is 30.2 Å². The van der Waals surface area contributed by atoms with E-state index in [9.17, 15) is 14.7 Å². The lowest BCUT2D eigenvalue weighted by Gasteiger charge is -2.13. The molecule has 1 aromatic heterocycles. The molecule has 1 atom stereocenters. The fraction of sp³-hybridized carbons (Fsp3) is 0.333. The van der Waals surface area contributed by atoms with E-state index in [1.807, 2.05) is 37.3 Å². The lowest BCUT2D eigenvalue weighted by atomic mass is 10.1. The highest BCUT2D eigenvalue weighted by molar-refractivity contribution is 5.90. The highest BCUT2D eigenvalue weighted by Gasteiger charge is 2.20. The van der Waals surface area contributed by atoms with Crippen LogP contribution in [0.1, 0.15) is 34.4 Å². The van der Waals surface area contributed by atoms with E-state index in [1.165, 1.54) is 7.11 Å². The van der Waals surface area contributed by atoms with E-state index in [1.54, 1.807) is 6.07 Å². The first kappa shape index (κ1) is 17.7. The van der Waals surface area contributed by atoms with Crippen molar-refractivity contribution < 1.29 is 23.8 Å². The molecule has 0 aliphatic heterocycles. The summed E-state index contributed by atoms with van der Waals surface area (Å²) in [7, 11) is 1.31. The van der Waals surface area contributed by atoms with Gasteiger partial charge in [0.1, 0.15) is 23.1 Å². The Morgan fingerprint density at radius 2 is 2.00 bits per heavy atom. The highest BCUT2D eigenvalue weighted by atomic mass is 16.5. The molecule has 6 heteroatoms. The Hall–Kier alpha value is -2.60. The smallest absolute Gasteiger partial charge is 0.341 e. The Labute approximate surface area is 140 Å². The van der Waals surface area contributed by atoms with Gasteiger partial charge in [-0.2, -0.15) is 0 Å². The van der Waals surface area contributed by atoms with Crippen LogP contribution in [0.4, 0.5) is 0 Å². The van der Waals surface area contributed by atoms with Gasteiger partial charge >= 0.3 is 11.9 Å². The van der Waals surface area contributed by atoms with Gasteiger partial charge in [-0.1, -0.05) is 37.3 Å². The summed E-state index contributed by atoms with van der Waals surface area (Å²) in [5.74, 6) is -0.351. The fourth-order valence-electron chi connectivity index (χ4n) is 2.44. The molecule has 6 nitrogen and oxygen atoms in total. The number of carbonyl (C=O) groups excluding carboxylic acids is 1. The zero-order valence-electron chi connectivity index (χ0n) is 13.7. The number of rotatable bonds is 8. The van der Waals surface area contributed by atoms with Gasteiger partial charge in [-0.3, -0.25) is 10.1 Å². The van der Waals surface area contributed by atoms with E-state index in [4.69, 9.17) is 9.15 Å². The number of hydrogen-bond acceptors (Lipinski definition) is 5. The molecule has 0 bridgehead atoms. The van der Waals surface area contributed by atoms with Gasteiger partial charge in [0.25, 0.3) is 0 Å². The number of methoxy groups -OCH3 is 1. The minimum absolute atomic E-state index is 0.216.